The molecule has 2 N–H and O–H groups in total. The summed E-state index contributed by atoms with van der Waals surface area (Å²) in [7, 11) is 0. The molecule has 1 aromatic carbocycles. The number of carbonyl (C=O) groups excluding carboxylic acids is 1. The molecule has 28 heavy (non-hydrogen) atoms. The van der Waals surface area contributed by atoms with Gasteiger partial charge in [-0.05, 0) is 32.0 Å². The van der Waals surface area contributed by atoms with Gasteiger partial charge in [0.1, 0.15) is 29.2 Å². The number of halogens is 1. The van der Waals surface area contributed by atoms with E-state index in [0.717, 1.165) is 10.9 Å². The van der Waals surface area contributed by atoms with Crippen molar-refractivity contribution in [1.29, 1.82) is 5.26 Å². The molecule has 0 amide bonds. The van der Waals surface area contributed by atoms with Gasteiger partial charge in [-0.15, -0.1) is 0 Å². The van der Waals surface area contributed by atoms with Gasteiger partial charge in [-0.25, -0.2) is 9.78 Å². The minimum absolute atomic E-state index is 0.0202. The Kier molecular flexibility index (Phi) is 5.39. The highest BCUT2D eigenvalue weighted by atomic mass is 35.5. The Morgan fingerprint density at radius 2 is 2.21 bits per heavy atom. The summed E-state index contributed by atoms with van der Waals surface area (Å²) in [5.74, 6) is -1.31. The fraction of sp³-hybridized carbons (Fsp3) is 0.190. The number of pyridine rings is 1. The molecule has 7 heteroatoms. The number of nitriles is 1. The molecule has 1 aliphatic rings. The van der Waals surface area contributed by atoms with Crippen LogP contribution in [0.5, 0.6) is 0 Å². The van der Waals surface area contributed by atoms with Crippen molar-refractivity contribution in [2.24, 2.45) is 5.73 Å². The van der Waals surface area contributed by atoms with Gasteiger partial charge < -0.3 is 15.2 Å². The van der Waals surface area contributed by atoms with Gasteiger partial charge in [0.15, 0.2) is 0 Å². The number of esters is 1. The smallest absolute Gasteiger partial charge is 0.338 e. The molecule has 2 heterocycles. The van der Waals surface area contributed by atoms with E-state index in [9.17, 15) is 10.1 Å². The molecule has 0 unspecified atom stereocenters. The summed E-state index contributed by atoms with van der Waals surface area (Å²) < 4.78 is 10.6. The minimum Gasteiger partial charge on any atom is -0.458 e. The van der Waals surface area contributed by atoms with Crippen molar-refractivity contribution in [3.63, 3.8) is 0 Å². The van der Waals surface area contributed by atoms with Crippen LogP contribution in [-0.2, 0) is 14.3 Å². The van der Waals surface area contributed by atoms with Gasteiger partial charge in [0.25, 0.3) is 0 Å². The van der Waals surface area contributed by atoms with E-state index < -0.39 is 11.9 Å². The Balaban J connectivity index is 2.24. The lowest BCUT2D eigenvalue weighted by Gasteiger charge is -2.27. The van der Waals surface area contributed by atoms with Gasteiger partial charge in [0.2, 0.25) is 5.88 Å². The van der Waals surface area contributed by atoms with Crippen LogP contribution in [0.4, 0.5) is 0 Å². The SMILES string of the molecule is C=CCOC(=O)C1=C(C)OC(N)=C(C#N)[C@@H]1c1cc2cc(C)ccc2nc1Cl. The Morgan fingerprint density at radius 1 is 1.46 bits per heavy atom. The van der Waals surface area contributed by atoms with Gasteiger partial charge in [0, 0.05) is 10.9 Å². The molecule has 3 rings (SSSR count). The fourth-order valence-corrected chi connectivity index (χ4v) is 3.42. The van der Waals surface area contributed by atoms with Gasteiger partial charge in [-0.1, -0.05) is 35.9 Å². The van der Waals surface area contributed by atoms with Crippen molar-refractivity contribution < 1.29 is 14.3 Å². The summed E-state index contributed by atoms with van der Waals surface area (Å²) in [6.07, 6.45) is 1.45. The second kappa shape index (κ2) is 7.75. The van der Waals surface area contributed by atoms with Crippen LogP contribution in [0.3, 0.4) is 0 Å². The predicted octanol–water partition coefficient (Wildman–Crippen LogP) is 4.01. The number of hydrogen-bond acceptors (Lipinski definition) is 6. The Bertz CT molecular complexity index is 1100. The van der Waals surface area contributed by atoms with Crippen molar-refractivity contribution in [1.82, 2.24) is 4.98 Å². The quantitative estimate of drug-likeness (QED) is 0.477. The third-order valence-corrected chi connectivity index (χ3v) is 4.72. The lowest BCUT2D eigenvalue weighted by molar-refractivity contribution is -0.138. The van der Waals surface area contributed by atoms with Gasteiger partial charge in [-0.3, -0.25) is 0 Å². The van der Waals surface area contributed by atoms with Crippen LogP contribution in [0.15, 0.2) is 59.7 Å². The number of allylic oxidation sites excluding steroid dienone is 2. The number of hydrogen-bond donors (Lipinski definition) is 1. The first-order valence-electron chi connectivity index (χ1n) is 8.50. The van der Waals surface area contributed by atoms with E-state index in [0.29, 0.717) is 11.1 Å². The van der Waals surface area contributed by atoms with Crippen molar-refractivity contribution >= 4 is 28.5 Å². The fourth-order valence-electron chi connectivity index (χ4n) is 3.16. The Hall–Kier alpha value is -3.30. The Morgan fingerprint density at radius 3 is 2.89 bits per heavy atom. The molecule has 0 radical (unpaired) electrons. The van der Waals surface area contributed by atoms with Crippen LogP contribution in [0.1, 0.15) is 24.0 Å². The topological polar surface area (TPSA) is 98.2 Å². The van der Waals surface area contributed by atoms with Gasteiger partial charge >= 0.3 is 5.97 Å². The summed E-state index contributed by atoms with van der Waals surface area (Å²) in [6.45, 7) is 7.11. The average molecular weight is 396 g/mol. The lowest BCUT2D eigenvalue weighted by atomic mass is 9.83. The zero-order valence-electron chi connectivity index (χ0n) is 15.5. The molecule has 0 spiro atoms. The maximum absolute atomic E-state index is 12.7. The number of carbonyl (C=O) groups is 1. The van der Waals surface area contributed by atoms with E-state index in [1.54, 1.807) is 6.92 Å². The van der Waals surface area contributed by atoms with Gasteiger partial charge in [-0.2, -0.15) is 5.26 Å². The monoisotopic (exact) mass is 395 g/mol. The lowest BCUT2D eigenvalue weighted by Crippen LogP contribution is -2.26. The third kappa shape index (κ3) is 3.45. The third-order valence-electron chi connectivity index (χ3n) is 4.42. The molecule has 0 fully saturated rings. The van der Waals surface area contributed by atoms with Crippen molar-refractivity contribution in [3.8, 4) is 6.07 Å². The molecular weight excluding hydrogens is 378 g/mol. The molecule has 0 saturated heterocycles. The summed E-state index contributed by atoms with van der Waals surface area (Å²) in [6, 6.07) is 9.59. The van der Waals surface area contributed by atoms with E-state index in [-0.39, 0.29) is 34.5 Å². The van der Waals surface area contributed by atoms with E-state index in [4.69, 9.17) is 26.8 Å². The zero-order valence-corrected chi connectivity index (χ0v) is 16.2. The maximum Gasteiger partial charge on any atom is 0.338 e. The first kappa shape index (κ1) is 19.5. The molecule has 1 atom stereocenters. The normalized spacial score (nSPS) is 16.6. The second-order valence-electron chi connectivity index (χ2n) is 6.35. The molecular formula is C21H18ClN3O3. The second-order valence-corrected chi connectivity index (χ2v) is 6.70. The summed E-state index contributed by atoms with van der Waals surface area (Å²) >= 11 is 6.45. The van der Waals surface area contributed by atoms with E-state index in [1.165, 1.54) is 6.08 Å². The maximum atomic E-state index is 12.7. The highest BCUT2D eigenvalue weighted by Gasteiger charge is 2.37. The highest BCUT2D eigenvalue weighted by Crippen LogP contribution is 2.42. The standard InChI is InChI=1S/C21H18ClN3O3/c1-4-7-27-21(26)17-12(3)28-20(24)15(10-23)18(17)14-9-13-8-11(2)5-6-16(13)25-19(14)22/h4-6,8-9,18H,1,7,24H2,2-3H3/t18-/m0/s1. The van der Waals surface area contributed by atoms with E-state index >= 15 is 0 Å². The number of rotatable bonds is 4. The molecule has 0 aliphatic carbocycles. The molecule has 142 valence electrons. The van der Waals surface area contributed by atoms with Gasteiger partial charge in [0.05, 0.1) is 17.0 Å². The summed E-state index contributed by atoms with van der Waals surface area (Å²) in [5, 5.41) is 10.7. The highest BCUT2D eigenvalue weighted by molar-refractivity contribution is 6.30. The predicted molar refractivity (Wildman–Crippen MR) is 106 cm³/mol. The minimum atomic E-state index is -0.846. The molecule has 2 aromatic rings. The van der Waals surface area contributed by atoms with E-state index in [1.807, 2.05) is 37.3 Å². The molecule has 1 aliphatic heterocycles. The number of aryl methyl sites for hydroxylation is 1. The molecule has 0 bridgehead atoms. The number of nitrogens with two attached hydrogens (primary N) is 1. The Labute approximate surface area is 167 Å². The summed E-state index contributed by atoms with van der Waals surface area (Å²) in [4.78, 5) is 17.1. The first-order chi connectivity index (χ1) is 13.4. The number of fused-ring (bicyclic) bond motifs is 1. The molecule has 0 saturated carbocycles. The van der Waals surface area contributed by atoms with Crippen molar-refractivity contribution in [2.75, 3.05) is 6.61 Å². The average Bonchev–Trinajstić information content (AvgIpc) is 2.65. The number of aromatic nitrogens is 1. The number of ether oxygens (including phenoxy) is 2. The first-order valence-corrected chi connectivity index (χ1v) is 8.88. The van der Waals surface area contributed by atoms with Crippen molar-refractivity contribution in [2.45, 2.75) is 19.8 Å². The van der Waals surface area contributed by atoms with Crippen LogP contribution >= 0.6 is 11.6 Å². The van der Waals surface area contributed by atoms with Crippen LogP contribution in [0, 0.1) is 18.3 Å². The number of benzene rings is 1. The number of nitrogens with zero attached hydrogens (tertiary/aromatic N) is 2. The van der Waals surface area contributed by atoms with Crippen LogP contribution in [-0.4, -0.2) is 17.6 Å². The van der Waals surface area contributed by atoms with Crippen LogP contribution < -0.4 is 5.73 Å². The van der Waals surface area contributed by atoms with E-state index in [2.05, 4.69) is 11.6 Å². The van der Waals surface area contributed by atoms with Crippen LogP contribution in [0.25, 0.3) is 10.9 Å². The molecule has 6 nitrogen and oxygen atoms in total. The molecule has 1 aromatic heterocycles. The zero-order chi connectivity index (χ0) is 20.4. The van der Waals surface area contributed by atoms with Crippen molar-refractivity contribution in [3.05, 3.63) is 76.0 Å². The van der Waals surface area contributed by atoms with Crippen LogP contribution in [0.2, 0.25) is 5.15 Å². The largest absolute Gasteiger partial charge is 0.458 e. The summed E-state index contributed by atoms with van der Waals surface area (Å²) in [5.41, 5.74) is 8.39.